The van der Waals surface area contributed by atoms with E-state index in [1.54, 1.807) is 24.3 Å². The van der Waals surface area contributed by atoms with Crippen LogP contribution in [0.15, 0.2) is 48.5 Å². The van der Waals surface area contributed by atoms with E-state index in [9.17, 15) is 9.59 Å². The number of hydrogen-bond acceptors (Lipinski definition) is 6. The lowest BCUT2D eigenvalue weighted by Gasteiger charge is -2.16. The van der Waals surface area contributed by atoms with E-state index in [2.05, 4.69) is 27.7 Å². The summed E-state index contributed by atoms with van der Waals surface area (Å²) in [7, 11) is 0. The summed E-state index contributed by atoms with van der Waals surface area (Å²) in [5.41, 5.74) is 1.74. The van der Waals surface area contributed by atoms with Gasteiger partial charge in [0.1, 0.15) is 0 Å². The standard InChI is InChI=1S/C20H29NO2.C12H26O.C8H5NO2/c1-3-5-7-8-10-18(9-6-4-2)16-23-20(22)19-13-11-17(15-21)12-14-19;1-3-5-7-8-10-12(11-13)9-6-4-2;9-5-6-1-3-7(4-2-6)8(10)11/h11-14,18H,3-10,16H2,1-2H3;12-13H,3-11H2,1-2H3;1-4H,(H,10,11). The molecular formula is C40H60N2O5. The molecule has 2 unspecified atom stereocenters. The number of aliphatic hydroxyl groups excluding tert-OH is 1. The number of esters is 1. The van der Waals surface area contributed by atoms with Crippen molar-refractivity contribution in [1.82, 2.24) is 0 Å². The van der Waals surface area contributed by atoms with Gasteiger partial charge in [0, 0.05) is 6.61 Å². The number of ether oxygens (including phenoxy) is 1. The third-order valence-electron chi connectivity index (χ3n) is 8.08. The summed E-state index contributed by atoms with van der Waals surface area (Å²) in [5, 5.41) is 34.7. The molecule has 2 N–H and O–H groups in total. The zero-order chi connectivity index (χ0) is 35.1. The predicted molar refractivity (Wildman–Crippen MR) is 190 cm³/mol. The average Bonchev–Trinajstić information content (AvgIpc) is 3.11. The quantitative estimate of drug-likeness (QED) is 0.102. The number of aromatic carboxylic acids is 1. The molecule has 0 aliphatic carbocycles. The maximum atomic E-state index is 12.1. The highest BCUT2D eigenvalue weighted by atomic mass is 16.5. The van der Waals surface area contributed by atoms with Crippen LogP contribution in [0, 0.1) is 34.5 Å². The lowest BCUT2D eigenvalue weighted by molar-refractivity contribution is 0.0422. The SMILES string of the molecule is CCCCCCC(CCCC)COC(=O)c1ccc(C#N)cc1.CCCCCCC(CO)CCCC.N#Cc1ccc(C(=O)O)cc1. The maximum absolute atomic E-state index is 12.1. The smallest absolute Gasteiger partial charge is 0.338 e. The second kappa shape index (κ2) is 29.7. The van der Waals surface area contributed by atoms with E-state index >= 15 is 0 Å². The van der Waals surface area contributed by atoms with Gasteiger partial charge in [-0.2, -0.15) is 10.5 Å². The fourth-order valence-electron chi connectivity index (χ4n) is 4.99. The molecule has 260 valence electrons. The monoisotopic (exact) mass is 648 g/mol. The number of unbranched alkanes of at least 4 members (excludes halogenated alkanes) is 8. The first-order chi connectivity index (χ1) is 22.8. The largest absolute Gasteiger partial charge is 0.478 e. The number of carboxylic acids is 1. The molecule has 47 heavy (non-hydrogen) atoms. The third-order valence-corrected chi connectivity index (χ3v) is 8.08. The summed E-state index contributed by atoms with van der Waals surface area (Å²) < 4.78 is 5.50. The van der Waals surface area contributed by atoms with Crippen molar-refractivity contribution >= 4 is 11.9 Å². The highest BCUT2D eigenvalue weighted by Crippen LogP contribution is 2.19. The molecule has 0 radical (unpaired) electrons. The summed E-state index contributed by atoms with van der Waals surface area (Å²) in [6.07, 6.45) is 19.9. The molecule has 0 bridgehead atoms. The van der Waals surface area contributed by atoms with Crippen LogP contribution in [0.2, 0.25) is 0 Å². The number of nitriles is 2. The second-order valence-corrected chi connectivity index (χ2v) is 12.2. The molecule has 0 fully saturated rings. The molecule has 0 saturated heterocycles. The average molecular weight is 649 g/mol. The number of hydrogen-bond donors (Lipinski definition) is 2. The number of rotatable bonds is 21. The highest BCUT2D eigenvalue weighted by molar-refractivity contribution is 5.89. The zero-order valence-corrected chi connectivity index (χ0v) is 29.5. The van der Waals surface area contributed by atoms with E-state index in [4.69, 9.17) is 25.5 Å². The van der Waals surface area contributed by atoms with Gasteiger partial charge in [-0.25, -0.2) is 9.59 Å². The Morgan fingerprint density at radius 3 is 1.43 bits per heavy atom. The van der Waals surface area contributed by atoms with Crippen LogP contribution in [0.25, 0.3) is 0 Å². The van der Waals surface area contributed by atoms with Crippen LogP contribution in [0.1, 0.15) is 162 Å². The van der Waals surface area contributed by atoms with Crippen LogP contribution in [0.5, 0.6) is 0 Å². The maximum Gasteiger partial charge on any atom is 0.338 e. The number of carbonyl (C=O) groups is 2. The van der Waals surface area contributed by atoms with Crippen molar-refractivity contribution in [2.24, 2.45) is 11.8 Å². The zero-order valence-electron chi connectivity index (χ0n) is 29.5. The Balaban J connectivity index is 0.000000744. The van der Waals surface area contributed by atoms with E-state index in [1.165, 1.54) is 114 Å². The third kappa shape index (κ3) is 22.5. The first-order valence-corrected chi connectivity index (χ1v) is 17.8. The van der Waals surface area contributed by atoms with Gasteiger partial charge in [0.25, 0.3) is 0 Å². The van der Waals surface area contributed by atoms with Crippen LogP contribution < -0.4 is 0 Å². The first-order valence-electron chi connectivity index (χ1n) is 17.8. The molecule has 2 aromatic carbocycles. The molecule has 0 saturated carbocycles. The van der Waals surface area contributed by atoms with Crippen molar-refractivity contribution in [2.75, 3.05) is 13.2 Å². The molecule has 0 spiro atoms. The molecule has 7 nitrogen and oxygen atoms in total. The van der Waals surface area contributed by atoms with Gasteiger partial charge >= 0.3 is 11.9 Å². The van der Waals surface area contributed by atoms with Crippen molar-refractivity contribution in [3.05, 3.63) is 70.8 Å². The fourth-order valence-corrected chi connectivity index (χ4v) is 4.99. The summed E-state index contributed by atoms with van der Waals surface area (Å²) in [6, 6.07) is 16.3. The molecule has 0 heterocycles. The molecule has 2 atom stereocenters. The number of aliphatic hydroxyl groups is 1. The molecule has 0 aliphatic heterocycles. The molecule has 0 amide bonds. The van der Waals surface area contributed by atoms with Crippen LogP contribution in [0.4, 0.5) is 0 Å². The van der Waals surface area contributed by atoms with Crippen LogP contribution in [0.3, 0.4) is 0 Å². The Morgan fingerprint density at radius 2 is 1.02 bits per heavy atom. The number of carbonyl (C=O) groups excluding carboxylic acids is 1. The fraction of sp³-hybridized carbons (Fsp3) is 0.600. The van der Waals surface area contributed by atoms with Gasteiger partial charge in [0.15, 0.2) is 0 Å². The van der Waals surface area contributed by atoms with Gasteiger partial charge in [-0.1, -0.05) is 105 Å². The van der Waals surface area contributed by atoms with Gasteiger partial charge in [-0.05, 0) is 86.1 Å². The van der Waals surface area contributed by atoms with E-state index in [1.807, 2.05) is 12.1 Å². The lowest BCUT2D eigenvalue weighted by Crippen LogP contribution is -2.14. The Kier molecular flexibility index (Phi) is 27.4. The minimum atomic E-state index is -0.977. The van der Waals surface area contributed by atoms with Crippen LogP contribution in [-0.4, -0.2) is 35.4 Å². The highest BCUT2D eigenvalue weighted by Gasteiger charge is 2.13. The van der Waals surface area contributed by atoms with E-state index in [0.717, 1.165) is 12.8 Å². The van der Waals surface area contributed by atoms with Gasteiger partial charge in [-0.15, -0.1) is 0 Å². The Labute approximate surface area is 285 Å². The molecule has 0 aliphatic rings. The topological polar surface area (TPSA) is 131 Å². The number of carboxylic acid groups (broad SMARTS) is 1. The minimum Gasteiger partial charge on any atom is -0.478 e. The molecule has 2 rings (SSSR count). The first kappa shape index (κ1) is 43.3. The van der Waals surface area contributed by atoms with Gasteiger partial charge in [0.2, 0.25) is 0 Å². The normalized spacial score (nSPS) is 11.4. The lowest BCUT2D eigenvalue weighted by atomic mass is 9.96. The Morgan fingerprint density at radius 1 is 0.617 bits per heavy atom. The van der Waals surface area contributed by atoms with Crippen LogP contribution in [-0.2, 0) is 4.74 Å². The van der Waals surface area contributed by atoms with E-state index in [0.29, 0.717) is 41.7 Å². The molecular weight excluding hydrogens is 588 g/mol. The van der Waals surface area contributed by atoms with Crippen molar-refractivity contribution < 1.29 is 24.5 Å². The summed E-state index contributed by atoms with van der Waals surface area (Å²) in [6.45, 7) is 9.76. The van der Waals surface area contributed by atoms with Gasteiger partial charge < -0.3 is 14.9 Å². The Hall–Kier alpha value is -3.68. The molecule has 2 aromatic rings. The number of benzene rings is 2. The van der Waals surface area contributed by atoms with E-state index in [-0.39, 0.29) is 11.5 Å². The van der Waals surface area contributed by atoms with Gasteiger partial charge in [0.05, 0.1) is 41.0 Å². The van der Waals surface area contributed by atoms with Crippen molar-refractivity contribution in [3.63, 3.8) is 0 Å². The summed E-state index contributed by atoms with van der Waals surface area (Å²) in [5.74, 6) is -0.218. The summed E-state index contributed by atoms with van der Waals surface area (Å²) >= 11 is 0. The summed E-state index contributed by atoms with van der Waals surface area (Å²) in [4.78, 5) is 22.4. The van der Waals surface area contributed by atoms with Gasteiger partial charge in [-0.3, -0.25) is 0 Å². The van der Waals surface area contributed by atoms with Crippen molar-refractivity contribution in [2.45, 2.75) is 130 Å². The van der Waals surface area contributed by atoms with Crippen LogP contribution >= 0.6 is 0 Å². The Bertz CT molecular complexity index is 1150. The van der Waals surface area contributed by atoms with E-state index < -0.39 is 5.97 Å². The predicted octanol–water partition coefficient (Wildman–Crippen LogP) is 10.5. The minimum absolute atomic E-state index is 0.198. The van der Waals surface area contributed by atoms with Crippen molar-refractivity contribution in [1.29, 1.82) is 10.5 Å². The number of nitrogens with zero attached hydrogens (tertiary/aromatic N) is 2. The molecule has 0 aromatic heterocycles. The molecule has 7 heteroatoms. The second-order valence-electron chi connectivity index (χ2n) is 12.2. The van der Waals surface area contributed by atoms with Crippen molar-refractivity contribution in [3.8, 4) is 12.1 Å².